The van der Waals surface area contributed by atoms with Crippen LogP contribution in [0.15, 0.2) is 36.4 Å². The molecule has 0 radical (unpaired) electrons. The molecule has 0 spiro atoms. The Morgan fingerprint density at radius 1 is 1.24 bits per heavy atom. The van der Waals surface area contributed by atoms with Crippen molar-refractivity contribution in [3.8, 4) is 11.8 Å². The lowest BCUT2D eigenvalue weighted by atomic mass is 9.95. The number of phenols is 1. The number of phenolic OH excluding ortho intramolecular Hbond substituents is 1. The highest BCUT2D eigenvalue weighted by Gasteiger charge is 2.25. The Kier molecular flexibility index (Phi) is 6.02. The molecule has 0 aliphatic heterocycles. The first-order valence-electron chi connectivity index (χ1n) is 8.34. The van der Waals surface area contributed by atoms with Crippen LogP contribution in [0.1, 0.15) is 48.6 Å². The molecule has 0 bridgehead atoms. The van der Waals surface area contributed by atoms with Crippen molar-refractivity contribution in [1.82, 2.24) is 0 Å². The van der Waals surface area contributed by atoms with Crippen LogP contribution >= 0.6 is 0 Å². The van der Waals surface area contributed by atoms with Crippen LogP contribution in [0, 0.1) is 11.3 Å². The maximum Gasteiger partial charge on any atom is 0.330 e. The molecule has 0 aliphatic rings. The van der Waals surface area contributed by atoms with E-state index < -0.39 is 12.0 Å². The number of hydrogen-bond donors (Lipinski definition) is 3. The monoisotopic (exact) mass is 338 g/mol. The number of carbonyl (C=O) groups is 1. The number of hydrogen-bond acceptors (Lipinski definition) is 4. The molecule has 5 heteroatoms. The van der Waals surface area contributed by atoms with Crippen molar-refractivity contribution in [3.05, 3.63) is 58.7 Å². The fourth-order valence-corrected chi connectivity index (χ4v) is 2.75. The highest BCUT2D eigenvalue weighted by atomic mass is 16.4. The number of nitriles is 1. The average molecular weight is 338 g/mol. The number of carboxylic acid groups (broad SMARTS) is 1. The van der Waals surface area contributed by atoms with E-state index in [1.54, 1.807) is 30.3 Å². The van der Waals surface area contributed by atoms with Gasteiger partial charge in [0.2, 0.25) is 0 Å². The summed E-state index contributed by atoms with van der Waals surface area (Å²) in [5.74, 6) is -1.04. The summed E-state index contributed by atoms with van der Waals surface area (Å²) in [6.45, 7) is 4.01. The second kappa shape index (κ2) is 8.20. The fraction of sp³-hybridized carbons (Fsp3) is 0.300. The molecule has 0 saturated carbocycles. The van der Waals surface area contributed by atoms with Gasteiger partial charge >= 0.3 is 5.97 Å². The highest BCUT2D eigenvalue weighted by molar-refractivity contribution is 5.80. The smallest absolute Gasteiger partial charge is 0.330 e. The molecule has 2 aromatic rings. The second-order valence-electron chi connectivity index (χ2n) is 5.90. The number of nitrogens with zero attached hydrogens (tertiary/aromatic N) is 1. The van der Waals surface area contributed by atoms with E-state index in [-0.39, 0.29) is 5.75 Å². The maximum atomic E-state index is 11.8. The zero-order valence-electron chi connectivity index (χ0n) is 14.4. The Morgan fingerprint density at radius 2 is 1.92 bits per heavy atom. The van der Waals surface area contributed by atoms with Gasteiger partial charge in [-0.15, -0.1) is 0 Å². The van der Waals surface area contributed by atoms with Crippen LogP contribution in [-0.4, -0.2) is 16.2 Å². The molecular formula is C20H22N2O3. The molecule has 130 valence electrons. The lowest BCUT2D eigenvalue weighted by Crippen LogP contribution is -2.21. The predicted octanol–water partition coefficient (Wildman–Crippen LogP) is 4.02. The van der Waals surface area contributed by atoms with Gasteiger partial charge in [0.15, 0.2) is 6.04 Å². The first-order chi connectivity index (χ1) is 12.0. The third-order valence-electron chi connectivity index (χ3n) is 4.09. The summed E-state index contributed by atoms with van der Waals surface area (Å²) in [5, 5.41) is 32.0. The van der Waals surface area contributed by atoms with Gasteiger partial charge in [0, 0.05) is 11.3 Å². The number of nitrogens with one attached hydrogen (secondary N) is 1. The van der Waals surface area contributed by atoms with Crippen molar-refractivity contribution in [1.29, 1.82) is 5.26 Å². The summed E-state index contributed by atoms with van der Waals surface area (Å²) in [4.78, 5) is 11.8. The van der Waals surface area contributed by atoms with Crippen molar-refractivity contribution < 1.29 is 15.0 Å². The number of carboxylic acids is 1. The van der Waals surface area contributed by atoms with Crippen LogP contribution in [0.5, 0.6) is 5.75 Å². The maximum absolute atomic E-state index is 11.8. The fourth-order valence-electron chi connectivity index (χ4n) is 2.75. The standard InChI is InChI=1S/C20H22N2O3/c1-3-5-15-10-13(4-2)11-17(19(15)23)18(20(24)25)22-16-8-6-14(12-21)7-9-16/h6-11,18,22-23H,3-5H2,1-2H3,(H,24,25). The van der Waals surface area contributed by atoms with E-state index in [2.05, 4.69) is 5.32 Å². The van der Waals surface area contributed by atoms with E-state index in [4.69, 9.17) is 5.26 Å². The molecule has 0 aliphatic carbocycles. The molecule has 0 saturated heterocycles. The minimum atomic E-state index is -1.07. The Hall–Kier alpha value is -3.00. The minimum Gasteiger partial charge on any atom is -0.507 e. The number of anilines is 1. The van der Waals surface area contributed by atoms with Gasteiger partial charge < -0.3 is 15.5 Å². The molecule has 1 atom stereocenters. The molecule has 1 unspecified atom stereocenters. The van der Waals surface area contributed by atoms with Gasteiger partial charge in [-0.25, -0.2) is 4.79 Å². The summed E-state index contributed by atoms with van der Waals surface area (Å²) < 4.78 is 0. The Labute approximate surface area is 147 Å². The molecule has 5 nitrogen and oxygen atoms in total. The Morgan fingerprint density at radius 3 is 2.44 bits per heavy atom. The quantitative estimate of drug-likeness (QED) is 0.709. The molecule has 3 N–H and O–H groups in total. The van der Waals surface area contributed by atoms with Gasteiger partial charge in [-0.1, -0.05) is 26.3 Å². The normalized spacial score (nSPS) is 11.6. The van der Waals surface area contributed by atoms with E-state index in [1.165, 1.54) is 0 Å². The highest BCUT2D eigenvalue weighted by Crippen LogP contribution is 2.33. The van der Waals surface area contributed by atoms with Crippen LogP contribution in [-0.2, 0) is 17.6 Å². The lowest BCUT2D eigenvalue weighted by Gasteiger charge is -2.20. The summed E-state index contributed by atoms with van der Waals surface area (Å²) in [7, 11) is 0. The number of rotatable bonds is 7. The van der Waals surface area contributed by atoms with E-state index in [0.29, 0.717) is 23.2 Å². The molecule has 0 amide bonds. The van der Waals surface area contributed by atoms with Crippen LogP contribution in [0.2, 0.25) is 0 Å². The Balaban J connectivity index is 2.43. The third kappa shape index (κ3) is 4.30. The number of benzene rings is 2. The number of aromatic hydroxyl groups is 1. The molecule has 25 heavy (non-hydrogen) atoms. The zero-order valence-corrected chi connectivity index (χ0v) is 14.4. The van der Waals surface area contributed by atoms with Gasteiger partial charge in [-0.05, 0) is 54.3 Å². The SMILES string of the molecule is CCCc1cc(CC)cc(C(Nc2ccc(C#N)cc2)C(=O)O)c1O. The van der Waals surface area contributed by atoms with Crippen molar-refractivity contribution in [3.63, 3.8) is 0 Å². The second-order valence-corrected chi connectivity index (χ2v) is 5.90. The Bertz CT molecular complexity index is 792. The van der Waals surface area contributed by atoms with Crippen molar-refractivity contribution in [2.24, 2.45) is 0 Å². The number of aryl methyl sites for hydroxylation is 2. The third-order valence-corrected chi connectivity index (χ3v) is 4.09. The molecule has 2 rings (SSSR count). The van der Waals surface area contributed by atoms with Gasteiger partial charge in [-0.2, -0.15) is 5.26 Å². The van der Waals surface area contributed by atoms with E-state index >= 15 is 0 Å². The van der Waals surface area contributed by atoms with Crippen LogP contribution < -0.4 is 5.32 Å². The molecule has 0 heterocycles. The summed E-state index contributed by atoms with van der Waals surface area (Å²) >= 11 is 0. The molecule has 0 fully saturated rings. The summed E-state index contributed by atoms with van der Waals surface area (Å²) in [5.41, 5.74) is 3.19. The van der Waals surface area contributed by atoms with Gasteiger partial charge in [0.05, 0.1) is 11.6 Å². The first kappa shape index (κ1) is 18.3. The van der Waals surface area contributed by atoms with E-state index in [0.717, 1.165) is 24.0 Å². The zero-order chi connectivity index (χ0) is 18.4. The molecular weight excluding hydrogens is 316 g/mol. The topological polar surface area (TPSA) is 93.4 Å². The minimum absolute atomic E-state index is 0.0348. The van der Waals surface area contributed by atoms with Gasteiger partial charge in [0.1, 0.15) is 5.75 Å². The molecule has 2 aromatic carbocycles. The van der Waals surface area contributed by atoms with Crippen molar-refractivity contribution in [2.75, 3.05) is 5.32 Å². The first-order valence-corrected chi connectivity index (χ1v) is 8.34. The van der Waals surface area contributed by atoms with Crippen LogP contribution in [0.3, 0.4) is 0 Å². The van der Waals surface area contributed by atoms with Crippen LogP contribution in [0.25, 0.3) is 0 Å². The summed E-state index contributed by atoms with van der Waals surface area (Å²) in [6.07, 6.45) is 2.31. The predicted molar refractivity (Wildman–Crippen MR) is 96.6 cm³/mol. The van der Waals surface area contributed by atoms with Gasteiger partial charge in [0.25, 0.3) is 0 Å². The molecule has 0 aromatic heterocycles. The van der Waals surface area contributed by atoms with Crippen molar-refractivity contribution >= 4 is 11.7 Å². The number of aliphatic carboxylic acids is 1. The van der Waals surface area contributed by atoms with Gasteiger partial charge in [-0.3, -0.25) is 0 Å². The van der Waals surface area contributed by atoms with Crippen LogP contribution in [0.4, 0.5) is 5.69 Å². The van der Waals surface area contributed by atoms with E-state index in [1.807, 2.05) is 26.0 Å². The lowest BCUT2D eigenvalue weighted by molar-refractivity contribution is -0.138. The van der Waals surface area contributed by atoms with E-state index in [9.17, 15) is 15.0 Å². The summed E-state index contributed by atoms with van der Waals surface area (Å²) in [6, 6.07) is 11.2. The average Bonchev–Trinajstić information content (AvgIpc) is 2.62. The largest absolute Gasteiger partial charge is 0.507 e. The van der Waals surface area contributed by atoms with Crippen molar-refractivity contribution in [2.45, 2.75) is 39.2 Å².